The molecular formula is C23H29ClN2O8. The van der Waals surface area contributed by atoms with Gasteiger partial charge in [0.1, 0.15) is 24.1 Å². The molecule has 0 radical (unpaired) electrons. The summed E-state index contributed by atoms with van der Waals surface area (Å²) in [6.45, 7) is 5.07. The van der Waals surface area contributed by atoms with Crippen LogP contribution in [-0.2, 0) is 19.9 Å². The summed E-state index contributed by atoms with van der Waals surface area (Å²) in [5, 5.41) is 31.1. The molecule has 2 aromatic rings. The number of halogens is 1. The third kappa shape index (κ3) is 12.0. The van der Waals surface area contributed by atoms with Gasteiger partial charge in [0.25, 0.3) is 0 Å². The smallest absolute Gasteiger partial charge is 0.414 e. The molecule has 0 aromatic heterocycles. The lowest BCUT2D eigenvalue weighted by atomic mass is 9.98. The summed E-state index contributed by atoms with van der Waals surface area (Å²) in [6.07, 6.45) is -1.15. The van der Waals surface area contributed by atoms with Crippen LogP contribution in [0.5, 0.6) is 5.75 Å². The Morgan fingerprint density at radius 2 is 1.56 bits per heavy atom. The monoisotopic (exact) mass is 496 g/mol. The molecule has 34 heavy (non-hydrogen) atoms. The van der Waals surface area contributed by atoms with E-state index in [2.05, 4.69) is 10.6 Å². The largest absolute Gasteiger partial charge is 0.491 e. The molecule has 186 valence electrons. The lowest BCUT2D eigenvalue weighted by Gasteiger charge is -2.25. The van der Waals surface area contributed by atoms with Crippen molar-refractivity contribution in [3.05, 3.63) is 65.2 Å². The Hall–Kier alpha value is -3.34. The first-order chi connectivity index (χ1) is 16.0. The molecular weight excluding hydrogens is 468 g/mol. The summed E-state index contributed by atoms with van der Waals surface area (Å²) in [6, 6.07) is 16.5. The van der Waals surface area contributed by atoms with E-state index in [1.165, 1.54) is 0 Å². The Kier molecular flexibility index (Phi) is 12.4. The van der Waals surface area contributed by atoms with Gasteiger partial charge in [-0.2, -0.15) is 0 Å². The minimum absolute atomic E-state index is 0.196. The quantitative estimate of drug-likeness (QED) is 0.246. The van der Waals surface area contributed by atoms with Gasteiger partial charge in [-0.3, -0.25) is 0 Å². The van der Waals surface area contributed by atoms with Crippen LogP contribution in [0.15, 0.2) is 54.6 Å². The van der Waals surface area contributed by atoms with Crippen molar-refractivity contribution < 1.29 is 39.2 Å². The fourth-order valence-corrected chi connectivity index (χ4v) is 2.59. The van der Waals surface area contributed by atoms with Gasteiger partial charge in [0.15, 0.2) is 0 Å². The third-order valence-corrected chi connectivity index (χ3v) is 4.46. The fraction of sp³-hybridized carbons (Fsp3) is 0.348. The Morgan fingerprint density at radius 1 is 0.971 bits per heavy atom. The van der Waals surface area contributed by atoms with E-state index < -0.39 is 29.7 Å². The minimum atomic E-state index is -1.82. The normalized spacial score (nSPS) is 11.4. The van der Waals surface area contributed by atoms with Crippen LogP contribution in [-0.4, -0.2) is 65.7 Å². The number of carbonyl (C=O) groups excluding carboxylic acids is 1. The third-order valence-electron chi connectivity index (χ3n) is 4.21. The molecule has 0 fully saturated rings. The number of ether oxygens (including phenoxy) is 2. The van der Waals surface area contributed by atoms with Gasteiger partial charge in [-0.15, -0.1) is 0 Å². The van der Waals surface area contributed by atoms with Crippen molar-refractivity contribution in [2.45, 2.75) is 25.6 Å². The van der Waals surface area contributed by atoms with Crippen molar-refractivity contribution >= 4 is 29.6 Å². The Labute approximate surface area is 202 Å². The molecule has 1 atom stereocenters. The topological polar surface area (TPSA) is 154 Å². The van der Waals surface area contributed by atoms with Crippen LogP contribution in [0.25, 0.3) is 0 Å². The van der Waals surface area contributed by atoms with E-state index in [0.717, 1.165) is 5.56 Å². The number of aliphatic hydroxyl groups excluding tert-OH is 1. The number of carboxylic acid groups (broad SMARTS) is 2. The van der Waals surface area contributed by atoms with Crippen LogP contribution in [0.3, 0.4) is 0 Å². The van der Waals surface area contributed by atoms with Crippen LogP contribution >= 0.6 is 11.6 Å². The lowest BCUT2D eigenvalue weighted by Crippen LogP contribution is -2.39. The number of hydrogen-bond donors (Lipinski definition) is 5. The number of amides is 1. The molecule has 11 heteroatoms. The molecule has 1 unspecified atom stereocenters. The van der Waals surface area contributed by atoms with Gasteiger partial charge in [-0.05, 0) is 43.7 Å². The highest BCUT2D eigenvalue weighted by atomic mass is 35.5. The molecule has 0 spiro atoms. The number of aliphatic carboxylic acids is 2. The minimum Gasteiger partial charge on any atom is -0.491 e. The maximum Gasteiger partial charge on any atom is 0.414 e. The number of nitrogens with one attached hydrogen (secondary N) is 2. The Morgan fingerprint density at radius 3 is 2.12 bits per heavy atom. The lowest BCUT2D eigenvalue weighted by molar-refractivity contribution is -0.159. The number of carbonyl (C=O) groups is 3. The van der Waals surface area contributed by atoms with Crippen molar-refractivity contribution in [1.29, 1.82) is 0 Å². The summed E-state index contributed by atoms with van der Waals surface area (Å²) < 4.78 is 11.0. The molecule has 5 N–H and O–H groups in total. The highest BCUT2D eigenvalue weighted by Crippen LogP contribution is 2.25. The predicted molar refractivity (Wildman–Crippen MR) is 125 cm³/mol. The number of alkyl carbamates (subject to hydrolysis) is 1. The van der Waals surface area contributed by atoms with Crippen LogP contribution in [0.1, 0.15) is 19.4 Å². The Bertz CT molecular complexity index is 895. The van der Waals surface area contributed by atoms with E-state index in [9.17, 15) is 9.90 Å². The first-order valence-corrected chi connectivity index (χ1v) is 10.6. The van der Waals surface area contributed by atoms with E-state index >= 15 is 0 Å². The zero-order valence-corrected chi connectivity index (χ0v) is 19.6. The fourth-order valence-electron chi connectivity index (χ4n) is 2.47. The zero-order valence-electron chi connectivity index (χ0n) is 18.9. The van der Waals surface area contributed by atoms with Gasteiger partial charge in [0.2, 0.25) is 0 Å². The van der Waals surface area contributed by atoms with Gasteiger partial charge in [0.05, 0.1) is 0 Å². The number of para-hydroxylation sites is 1. The van der Waals surface area contributed by atoms with Crippen LogP contribution in [0.2, 0.25) is 5.02 Å². The molecule has 0 heterocycles. The van der Waals surface area contributed by atoms with Crippen molar-refractivity contribution in [3.63, 3.8) is 0 Å². The van der Waals surface area contributed by atoms with Gasteiger partial charge in [-0.25, -0.2) is 14.4 Å². The molecule has 2 aromatic carbocycles. The van der Waals surface area contributed by atoms with E-state index in [1.54, 1.807) is 12.1 Å². The second-order valence-electron chi connectivity index (χ2n) is 7.43. The van der Waals surface area contributed by atoms with Crippen molar-refractivity contribution in [2.24, 2.45) is 0 Å². The maximum absolute atomic E-state index is 12.0. The summed E-state index contributed by atoms with van der Waals surface area (Å²) in [5.74, 6) is -2.93. The summed E-state index contributed by atoms with van der Waals surface area (Å²) in [5.41, 5.74) is 0.0827. The van der Waals surface area contributed by atoms with Crippen molar-refractivity contribution in [3.8, 4) is 5.75 Å². The Balaban J connectivity index is 0.000000852. The number of hydrogen-bond acceptors (Lipinski definition) is 7. The SMILES string of the molecule is CC(C)(OC(=O)NCCNCC(O)COc1ccccc1)c1ccc(Cl)cc1.O=C(O)C(=O)O. The highest BCUT2D eigenvalue weighted by Gasteiger charge is 2.25. The number of benzene rings is 2. The molecule has 0 bridgehead atoms. The maximum atomic E-state index is 12.0. The average Bonchev–Trinajstić information content (AvgIpc) is 2.78. The molecule has 10 nitrogen and oxygen atoms in total. The predicted octanol–water partition coefficient (Wildman–Crippen LogP) is 2.49. The molecule has 0 aliphatic carbocycles. The van der Waals surface area contributed by atoms with Crippen molar-refractivity contribution in [2.75, 3.05) is 26.2 Å². The van der Waals surface area contributed by atoms with E-state index in [0.29, 0.717) is 30.4 Å². The molecule has 0 aliphatic rings. The molecule has 2 rings (SSSR count). The first kappa shape index (κ1) is 28.7. The second-order valence-corrected chi connectivity index (χ2v) is 7.86. The zero-order chi connectivity index (χ0) is 25.6. The number of carboxylic acids is 2. The van der Waals surface area contributed by atoms with Crippen LogP contribution in [0.4, 0.5) is 4.79 Å². The van der Waals surface area contributed by atoms with E-state index in [4.69, 9.17) is 40.9 Å². The van der Waals surface area contributed by atoms with E-state index in [-0.39, 0.29) is 6.61 Å². The van der Waals surface area contributed by atoms with Gasteiger partial charge >= 0.3 is 18.0 Å². The summed E-state index contributed by atoms with van der Waals surface area (Å²) in [4.78, 5) is 30.2. The average molecular weight is 497 g/mol. The number of rotatable bonds is 10. The standard InChI is InChI=1S/C21H27ClN2O4.C2H2O4/c1-21(2,16-8-10-17(22)11-9-16)28-20(26)24-13-12-23-14-18(25)15-27-19-6-4-3-5-7-19;3-1(4)2(5)6/h3-11,18,23,25H,12-15H2,1-2H3,(H,24,26);(H,3,4)(H,5,6). The van der Waals surface area contributed by atoms with E-state index in [1.807, 2.05) is 56.3 Å². The van der Waals surface area contributed by atoms with Gasteiger partial charge in [0, 0.05) is 24.7 Å². The molecule has 0 saturated heterocycles. The molecule has 1 amide bonds. The van der Waals surface area contributed by atoms with Crippen LogP contribution < -0.4 is 15.4 Å². The number of aliphatic hydroxyl groups is 1. The van der Waals surface area contributed by atoms with Crippen LogP contribution in [0, 0.1) is 0 Å². The molecule has 0 saturated carbocycles. The molecule has 0 aliphatic heterocycles. The van der Waals surface area contributed by atoms with Gasteiger partial charge in [-0.1, -0.05) is 41.9 Å². The highest BCUT2D eigenvalue weighted by molar-refractivity contribution is 6.30. The second kappa shape index (κ2) is 14.7. The summed E-state index contributed by atoms with van der Waals surface area (Å²) in [7, 11) is 0. The summed E-state index contributed by atoms with van der Waals surface area (Å²) >= 11 is 5.89. The first-order valence-electron chi connectivity index (χ1n) is 10.3. The van der Waals surface area contributed by atoms with Gasteiger partial charge < -0.3 is 35.4 Å². The van der Waals surface area contributed by atoms with Crippen molar-refractivity contribution in [1.82, 2.24) is 10.6 Å².